The highest BCUT2D eigenvalue weighted by Gasteiger charge is 2.19. The van der Waals surface area contributed by atoms with Crippen molar-refractivity contribution in [3.05, 3.63) is 89.6 Å². The van der Waals surface area contributed by atoms with Crippen molar-refractivity contribution in [2.24, 2.45) is 0 Å². The number of hydrogen-bond acceptors (Lipinski definition) is 3. The highest BCUT2D eigenvalue weighted by Crippen LogP contribution is 2.30. The molecule has 0 saturated carbocycles. The fourth-order valence-corrected chi connectivity index (χ4v) is 3.66. The first kappa shape index (κ1) is 22.6. The monoisotopic (exact) mass is 423 g/mol. The predicted molar refractivity (Wildman–Crippen MR) is 119 cm³/mol. The molecular weight excluding hydrogens is 393 g/mol. The molecule has 3 aromatic rings. The standard InChI is InChI=1S/C26H30FNO3/c1-4-26(29)28(18-24-6-5-17-30-24)16-15-25(20-7-11-22(27)12-8-20)21-9-13-23(14-10-21)31-19(2)3/h5-14,17,19,25H,4,15-16,18H2,1-3H3/t25-/m1/s1. The quantitative estimate of drug-likeness (QED) is 0.392. The summed E-state index contributed by atoms with van der Waals surface area (Å²) in [6.45, 7) is 6.86. The minimum Gasteiger partial charge on any atom is -0.491 e. The van der Waals surface area contributed by atoms with Gasteiger partial charge in [0.25, 0.3) is 0 Å². The average Bonchev–Trinajstić information content (AvgIpc) is 3.27. The molecule has 31 heavy (non-hydrogen) atoms. The smallest absolute Gasteiger partial charge is 0.222 e. The van der Waals surface area contributed by atoms with Crippen LogP contribution in [-0.4, -0.2) is 23.5 Å². The van der Waals surface area contributed by atoms with Gasteiger partial charge in [0.05, 0.1) is 18.9 Å². The molecule has 0 unspecified atom stereocenters. The van der Waals surface area contributed by atoms with Gasteiger partial charge in [-0.3, -0.25) is 4.79 Å². The van der Waals surface area contributed by atoms with Crippen molar-refractivity contribution < 1.29 is 18.3 Å². The van der Waals surface area contributed by atoms with Crippen LogP contribution in [-0.2, 0) is 11.3 Å². The van der Waals surface area contributed by atoms with Crippen LogP contribution in [0.5, 0.6) is 5.75 Å². The average molecular weight is 424 g/mol. The fourth-order valence-electron chi connectivity index (χ4n) is 3.66. The van der Waals surface area contributed by atoms with Crippen LogP contribution in [0.4, 0.5) is 4.39 Å². The number of benzene rings is 2. The van der Waals surface area contributed by atoms with Gasteiger partial charge in [-0.25, -0.2) is 4.39 Å². The number of furan rings is 1. The van der Waals surface area contributed by atoms with Crippen LogP contribution in [0.1, 0.15) is 56.4 Å². The third-order valence-corrected chi connectivity index (χ3v) is 5.20. The van der Waals surface area contributed by atoms with Crippen LogP contribution >= 0.6 is 0 Å². The van der Waals surface area contributed by atoms with E-state index in [1.807, 2.05) is 74.2 Å². The Bertz CT molecular complexity index is 934. The SMILES string of the molecule is CCC(=O)N(CC[C@H](c1ccc(F)cc1)c1ccc(OC(C)C)cc1)Cc1ccco1. The van der Waals surface area contributed by atoms with E-state index in [0.29, 0.717) is 25.9 Å². The van der Waals surface area contributed by atoms with Crippen LogP contribution in [0.3, 0.4) is 0 Å². The summed E-state index contributed by atoms with van der Waals surface area (Å²) in [6, 6.07) is 18.3. The van der Waals surface area contributed by atoms with E-state index >= 15 is 0 Å². The summed E-state index contributed by atoms with van der Waals surface area (Å²) in [7, 11) is 0. The molecule has 0 fully saturated rings. The lowest BCUT2D eigenvalue weighted by Crippen LogP contribution is -2.31. The van der Waals surface area contributed by atoms with Gasteiger partial charge in [-0.05, 0) is 67.8 Å². The highest BCUT2D eigenvalue weighted by molar-refractivity contribution is 5.75. The molecule has 0 saturated heterocycles. The van der Waals surface area contributed by atoms with E-state index in [1.165, 1.54) is 12.1 Å². The largest absolute Gasteiger partial charge is 0.491 e. The third-order valence-electron chi connectivity index (χ3n) is 5.20. The minimum atomic E-state index is -0.260. The first-order valence-electron chi connectivity index (χ1n) is 10.8. The van der Waals surface area contributed by atoms with E-state index in [-0.39, 0.29) is 23.7 Å². The molecule has 0 bridgehead atoms. The first-order chi connectivity index (χ1) is 15.0. The topological polar surface area (TPSA) is 42.7 Å². The van der Waals surface area contributed by atoms with E-state index in [2.05, 4.69) is 0 Å². The Balaban J connectivity index is 1.81. The molecule has 0 aliphatic carbocycles. The van der Waals surface area contributed by atoms with E-state index in [4.69, 9.17) is 9.15 Å². The van der Waals surface area contributed by atoms with Crippen LogP contribution in [0.25, 0.3) is 0 Å². The maximum Gasteiger partial charge on any atom is 0.222 e. The zero-order valence-corrected chi connectivity index (χ0v) is 18.4. The zero-order valence-electron chi connectivity index (χ0n) is 18.4. The third kappa shape index (κ3) is 6.45. The Morgan fingerprint density at radius 2 is 1.68 bits per heavy atom. The zero-order chi connectivity index (χ0) is 22.2. The number of ether oxygens (including phenoxy) is 1. The van der Waals surface area contributed by atoms with Gasteiger partial charge in [-0.2, -0.15) is 0 Å². The summed E-state index contributed by atoms with van der Waals surface area (Å²) in [5.41, 5.74) is 2.12. The van der Waals surface area contributed by atoms with Gasteiger partial charge in [0, 0.05) is 18.9 Å². The molecule has 0 aliphatic heterocycles. The summed E-state index contributed by atoms with van der Waals surface area (Å²) in [4.78, 5) is 14.4. The number of carbonyl (C=O) groups is 1. The highest BCUT2D eigenvalue weighted by atomic mass is 19.1. The van der Waals surface area contributed by atoms with E-state index in [0.717, 1.165) is 22.6 Å². The lowest BCUT2D eigenvalue weighted by atomic mass is 9.88. The van der Waals surface area contributed by atoms with Crippen molar-refractivity contribution in [2.45, 2.75) is 52.2 Å². The van der Waals surface area contributed by atoms with Gasteiger partial charge in [0.2, 0.25) is 5.91 Å². The Hall–Kier alpha value is -3.08. The maximum atomic E-state index is 13.5. The first-order valence-corrected chi connectivity index (χ1v) is 10.8. The van der Waals surface area contributed by atoms with Crippen LogP contribution < -0.4 is 4.74 Å². The molecule has 2 aromatic carbocycles. The summed E-state index contributed by atoms with van der Waals surface area (Å²) < 4.78 is 24.7. The minimum absolute atomic E-state index is 0.0254. The summed E-state index contributed by atoms with van der Waals surface area (Å²) >= 11 is 0. The number of carbonyl (C=O) groups excluding carboxylic acids is 1. The maximum absolute atomic E-state index is 13.5. The number of nitrogens with zero attached hydrogens (tertiary/aromatic N) is 1. The normalized spacial score (nSPS) is 12.0. The molecule has 5 heteroatoms. The second-order valence-electron chi connectivity index (χ2n) is 7.88. The molecule has 0 N–H and O–H groups in total. The van der Waals surface area contributed by atoms with Crippen molar-refractivity contribution >= 4 is 5.91 Å². The lowest BCUT2D eigenvalue weighted by Gasteiger charge is -2.25. The summed E-state index contributed by atoms with van der Waals surface area (Å²) in [5, 5.41) is 0. The second-order valence-corrected chi connectivity index (χ2v) is 7.88. The van der Waals surface area contributed by atoms with Crippen LogP contribution in [0, 0.1) is 5.82 Å². The molecule has 1 aromatic heterocycles. The van der Waals surface area contributed by atoms with Gasteiger partial charge in [-0.15, -0.1) is 0 Å². The molecule has 164 valence electrons. The number of rotatable bonds is 10. The Kier molecular flexibility index (Phi) is 7.88. The van der Waals surface area contributed by atoms with E-state index in [9.17, 15) is 9.18 Å². The van der Waals surface area contributed by atoms with Crippen molar-refractivity contribution in [1.82, 2.24) is 4.90 Å². The van der Waals surface area contributed by atoms with Crippen molar-refractivity contribution in [3.8, 4) is 5.75 Å². The number of hydrogen-bond donors (Lipinski definition) is 0. The van der Waals surface area contributed by atoms with Crippen molar-refractivity contribution in [1.29, 1.82) is 0 Å². The van der Waals surface area contributed by atoms with Crippen molar-refractivity contribution in [2.75, 3.05) is 6.54 Å². The molecule has 1 atom stereocenters. The van der Waals surface area contributed by atoms with Crippen LogP contribution in [0.15, 0.2) is 71.3 Å². The molecular formula is C26H30FNO3. The Labute approximate surface area is 183 Å². The van der Waals surface area contributed by atoms with Gasteiger partial charge < -0.3 is 14.1 Å². The lowest BCUT2D eigenvalue weighted by molar-refractivity contribution is -0.131. The van der Waals surface area contributed by atoms with Gasteiger partial charge in [-0.1, -0.05) is 31.2 Å². The van der Waals surface area contributed by atoms with E-state index in [1.54, 1.807) is 6.26 Å². The van der Waals surface area contributed by atoms with Gasteiger partial charge >= 0.3 is 0 Å². The molecule has 3 rings (SSSR count). The van der Waals surface area contributed by atoms with Crippen LogP contribution in [0.2, 0.25) is 0 Å². The van der Waals surface area contributed by atoms with Gasteiger partial charge in [0.15, 0.2) is 0 Å². The number of amides is 1. The molecule has 4 nitrogen and oxygen atoms in total. The Morgan fingerprint density at radius 3 is 2.23 bits per heavy atom. The Morgan fingerprint density at radius 1 is 1.03 bits per heavy atom. The fraction of sp³-hybridized carbons (Fsp3) is 0.346. The predicted octanol–water partition coefficient (Wildman–Crippen LogP) is 6.17. The summed E-state index contributed by atoms with van der Waals surface area (Å²) in [6.07, 6.45) is 2.87. The van der Waals surface area contributed by atoms with E-state index < -0.39 is 0 Å². The molecule has 1 heterocycles. The van der Waals surface area contributed by atoms with Gasteiger partial charge in [0.1, 0.15) is 17.3 Å². The molecule has 0 spiro atoms. The molecule has 0 radical (unpaired) electrons. The molecule has 0 aliphatic rings. The second kappa shape index (κ2) is 10.8. The van der Waals surface area contributed by atoms with Crippen molar-refractivity contribution in [3.63, 3.8) is 0 Å². The summed E-state index contributed by atoms with van der Waals surface area (Å²) in [5.74, 6) is 1.42. The number of halogens is 1. The molecule has 1 amide bonds.